The van der Waals surface area contributed by atoms with Crippen LogP contribution in [0.2, 0.25) is 0 Å². The monoisotopic (exact) mass is 144 g/mol. The lowest BCUT2D eigenvalue weighted by Crippen LogP contribution is -2.25. The molecule has 0 bridgehead atoms. The van der Waals surface area contributed by atoms with Gasteiger partial charge >= 0.3 is 5.97 Å². The second kappa shape index (κ2) is 3.49. The minimum Gasteiger partial charge on any atom is -0.475 e. The van der Waals surface area contributed by atoms with Crippen LogP contribution in [-0.4, -0.2) is 29.4 Å². The van der Waals surface area contributed by atoms with Gasteiger partial charge in [-0.3, -0.25) is 4.79 Å². The summed E-state index contributed by atoms with van der Waals surface area (Å²) in [6.07, 6.45) is -0.0209. The van der Waals surface area contributed by atoms with Gasteiger partial charge < -0.3 is 14.7 Å². The molecule has 5 nitrogen and oxygen atoms in total. The van der Waals surface area contributed by atoms with Gasteiger partial charge in [0.05, 0.1) is 0 Å². The molecule has 54 valence electrons. The van der Waals surface area contributed by atoms with Crippen LogP contribution in [0.15, 0.2) is 0 Å². The Kier molecular flexibility index (Phi) is 2.96. The lowest BCUT2D eigenvalue weighted by molar-refractivity contribution is -0.152. The number of Topliss-reactive ketones (excluding diaryl/α,β-unsaturated/α-hetero) is 1. The summed E-state index contributed by atoms with van der Waals surface area (Å²) in [4.78, 5) is 39.6. The standard InChI is InChI=1S/C5H4O5/c6-1-3(2-7)4(8)5(9)10/h1-3H,(H,9,10). The highest BCUT2D eigenvalue weighted by Gasteiger charge is 2.23. The second-order valence-electron chi connectivity index (χ2n) is 1.47. The Bertz CT molecular complexity index is 174. The molecule has 0 amide bonds. The summed E-state index contributed by atoms with van der Waals surface area (Å²) in [5.41, 5.74) is 0. The van der Waals surface area contributed by atoms with Crippen molar-refractivity contribution in [3.63, 3.8) is 0 Å². The molecule has 0 heterocycles. The number of hydrogen-bond acceptors (Lipinski definition) is 4. The number of hydrogen-bond donors (Lipinski definition) is 1. The zero-order valence-electron chi connectivity index (χ0n) is 4.81. The molecule has 10 heavy (non-hydrogen) atoms. The zero-order chi connectivity index (χ0) is 8.15. The molecule has 5 heteroatoms. The lowest BCUT2D eigenvalue weighted by Gasteiger charge is -1.92. The van der Waals surface area contributed by atoms with E-state index in [1.165, 1.54) is 0 Å². The van der Waals surface area contributed by atoms with Crippen LogP contribution in [0.4, 0.5) is 0 Å². The van der Waals surface area contributed by atoms with Crippen molar-refractivity contribution in [3.8, 4) is 0 Å². The Balaban J connectivity index is 4.29. The van der Waals surface area contributed by atoms with Crippen molar-refractivity contribution in [1.82, 2.24) is 0 Å². The maximum atomic E-state index is 10.2. The van der Waals surface area contributed by atoms with E-state index in [0.29, 0.717) is 0 Å². The van der Waals surface area contributed by atoms with Crippen LogP contribution >= 0.6 is 0 Å². The zero-order valence-corrected chi connectivity index (χ0v) is 4.81. The first-order valence-corrected chi connectivity index (χ1v) is 2.31. The average molecular weight is 144 g/mol. The van der Waals surface area contributed by atoms with E-state index in [1.807, 2.05) is 0 Å². The number of carboxylic acids is 1. The van der Waals surface area contributed by atoms with E-state index in [0.717, 1.165) is 0 Å². The van der Waals surface area contributed by atoms with Crippen molar-refractivity contribution in [2.75, 3.05) is 0 Å². The average Bonchev–Trinajstić information content (AvgIpc) is 1.90. The largest absolute Gasteiger partial charge is 0.475 e. The molecule has 0 aromatic heterocycles. The van der Waals surface area contributed by atoms with Crippen molar-refractivity contribution in [2.24, 2.45) is 5.92 Å². The lowest BCUT2D eigenvalue weighted by atomic mass is 10.1. The summed E-state index contributed by atoms with van der Waals surface area (Å²) in [6, 6.07) is 0. The normalized spacial score (nSPS) is 8.90. The molecular weight excluding hydrogens is 140 g/mol. The van der Waals surface area contributed by atoms with E-state index in [-0.39, 0.29) is 12.6 Å². The first kappa shape index (κ1) is 8.48. The quantitative estimate of drug-likeness (QED) is 0.299. The van der Waals surface area contributed by atoms with E-state index < -0.39 is 17.7 Å². The number of ketones is 1. The Morgan fingerprint density at radius 3 is 1.70 bits per heavy atom. The molecule has 0 aliphatic carbocycles. The Hall–Kier alpha value is -1.52. The van der Waals surface area contributed by atoms with Crippen molar-refractivity contribution in [1.29, 1.82) is 0 Å². The molecule has 0 atom stereocenters. The molecule has 0 unspecified atom stereocenters. The molecular formula is C5H4O5. The number of rotatable bonds is 4. The molecule has 0 aromatic carbocycles. The number of carbonyl (C=O) groups is 4. The topological polar surface area (TPSA) is 88.5 Å². The minimum absolute atomic E-state index is 0.0105. The first-order valence-electron chi connectivity index (χ1n) is 2.31. The Morgan fingerprint density at radius 1 is 1.20 bits per heavy atom. The third-order valence-corrected chi connectivity index (χ3v) is 0.807. The molecule has 0 radical (unpaired) electrons. The maximum absolute atomic E-state index is 10.2. The van der Waals surface area contributed by atoms with Gasteiger partial charge in [0.15, 0.2) is 0 Å². The van der Waals surface area contributed by atoms with Crippen molar-refractivity contribution < 1.29 is 24.3 Å². The Morgan fingerprint density at radius 2 is 1.60 bits per heavy atom. The van der Waals surface area contributed by atoms with Gasteiger partial charge in [-0.05, 0) is 0 Å². The second-order valence-corrected chi connectivity index (χ2v) is 1.47. The fraction of sp³-hybridized carbons (Fsp3) is 0.200. The molecule has 0 saturated heterocycles. The van der Waals surface area contributed by atoms with Gasteiger partial charge in [0.25, 0.3) is 5.78 Å². The van der Waals surface area contributed by atoms with Crippen LogP contribution in [0, 0.1) is 5.92 Å². The van der Waals surface area contributed by atoms with Gasteiger partial charge in [0.2, 0.25) is 0 Å². The highest BCUT2D eigenvalue weighted by Crippen LogP contribution is 1.88. The summed E-state index contributed by atoms with van der Waals surface area (Å²) in [5.74, 6) is -4.83. The van der Waals surface area contributed by atoms with Gasteiger partial charge in [0.1, 0.15) is 18.5 Å². The molecule has 1 N–H and O–H groups in total. The van der Waals surface area contributed by atoms with Gasteiger partial charge in [-0.25, -0.2) is 4.79 Å². The summed E-state index contributed by atoms with van der Waals surface area (Å²) in [7, 11) is 0. The number of carboxylic acid groups (broad SMARTS) is 1. The fourth-order valence-electron chi connectivity index (χ4n) is 0.298. The maximum Gasteiger partial charge on any atom is 0.373 e. The van der Waals surface area contributed by atoms with Gasteiger partial charge in [0, 0.05) is 0 Å². The molecule has 0 fully saturated rings. The Labute approximate surface area is 55.6 Å². The van der Waals surface area contributed by atoms with E-state index in [2.05, 4.69) is 0 Å². The summed E-state index contributed by atoms with van der Waals surface area (Å²) in [5, 5.41) is 7.95. The van der Waals surface area contributed by atoms with Crippen molar-refractivity contribution in [3.05, 3.63) is 0 Å². The van der Waals surface area contributed by atoms with Crippen LogP contribution in [0.1, 0.15) is 0 Å². The molecule has 0 rings (SSSR count). The SMILES string of the molecule is O=CC(C=O)C(=O)C(=O)O. The minimum atomic E-state index is -1.77. The number of carbonyl (C=O) groups excluding carboxylic acids is 3. The van der Waals surface area contributed by atoms with Crippen LogP contribution in [-0.2, 0) is 19.2 Å². The number of aliphatic carboxylic acids is 1. The molecule has 0 aliphatic heterocycles. The molecule has 0 aromatic rings. The summed E-state index contributed by atoms with van der Waals surface area (Å²) in [6.45, 7) is 0. The van der Waals surface area contributed by atoms with Crippen LogP contribution in [0.25, 0.3) is 0 Å². The van der Waals surface area contributed by atoms with E-state index in [1.54, 1.807) is 0 Å². The van der Waals surface area contributed by atoms with Crippen LogP contribution < -0.4 is 0 Å². The third kappa shape index (κ3) is 1.77. The van der Waals surface area contributed by atoms with E-state index in [9.17, 15) is 19.2 Å². The van der Waals surface area contributed by atoms with Gasteiger partial charge in [-0.15, -0.1) is 0 Å². The predicted octanol–water partition coefficient (Wildman–Crippen LogP) is -1.35. The van der Waals surface area contributed by atoms with Crippen LogP contribution in [0.3, 0.4) is 0 Å². The number of aldehydes is 2. The first-order chi connectivity index (χ1) is 4.63. The van der Waals surface area contributed by atoms with Crippen molar-refractivity contribution in [2.45, 2.75) is 0 Å². The van der Waals surface area contributed by atoms with Crippen LogP contribution in [0.5, 0.6) is 0 Å². The fourth-order valence-corrected chi connectivity index (χ4v) is 0.298. The molecule has 0 saturated carbocycles. The molecule has 0 aliphatic rings. The summed E-state index contributed by atoms with van der Waals surface area (Å²) < 4.78 is 0. The van der Waals surface area contributed by atoms with E-state index in [4.69, 9.17) is 5.11 Å². The van der Waals surface area contributed by atoms with Gasteiger partial charge in [-0.1, -0.05) is 0 Å². The summed E-state index contributed by atoms with van der Waals surface area (Å²) >= 11 is 0. The highest BCUT2D eigenvalue weighted by molar-refractivity contribution is 6.39. The third-order valence-electron chi connectivity index (χ3n) is 0.807. The smallest absolute Gasteiger partial charge is 0.373 e. The molecule has 0 spiro atoms. The van der Waals surface area contributed by atoms with Gasteiger partial charge in [-0.2, -0.15) is 0 Å². The van der Waals surface area contributed by atoms with E-state index >= 15 is 0 Å². The highest BCUT2D eigenvalue weighted by atomic mass is 16.4. The van der Waals surface area contributed by atoms with Crippen molar-refractivity contribution >= 4 is 24.3 Å². The predicted molar refractivity (Wildman–Crippen MR) is 28.3 cm³/mol.